The Morgan fingerprint density at radius 1 is 1.32 bits per heavy atom. The summed E-state index contributed by atoms with van der Waals surface area (Å²) in [4.78, 5) is 17.2. The van der Waals surface area contributed by atoms with Crippen LogP contribution in [0.4, 0.5) is 0 Å². The molecular formula is C22H33N3O4S2. The number of thioether (sulfide) groups is 1. The summed E-state index contributed by atoms with van der Waals surface area (Å²) in [5, 5.41) is 0.358. The number of hydrogen-bond acceptors (Lipinski definition) is 6. The predicted molar refractivity (Wildman–Crippen MR) is 124 cm³/mol. The van der Waals surface area contributed by atoms with E-state index in [4.69, 9.17) is 9.72 Å². The van der Waals surface area contributed by atoms with Crippen LogP contribution in [-0.4, -0.2) is 53.7 Å². The van der Waals surface area contributed by atoms with Crippen LogP contribution in [0.1, 0.15) is 65.3 Å². The van der Waals surface area contributed by atoms with Gasteiger partial charge in [-0.2, -0.15) is 0 Å². The zero-order chi connectivity index (χ0) is 22.6. The fraction of sp³-hybridized carbons (Fsp3) is 0.636. The van der Waals surface area contributed by atoms with Crippen LogP contribution in [0.5, 0.6) is 0 Å². The molecule has 1 saturated carbocycles. The van der Waals surface area contributed by atoms with Gasteiger partial charge in [-0.3, -0.25) is 4.79 Å². The molecule has 1 aliphatic rings. The molecule has 2 aromatic rings. The van der Waals surface area contributed by atoms with Crippen molar-refractivity contribution in [3.8, 4) is 0 Å². The standard InChI is InChI=1S/C22H33N3O4S2/c1-5-7-14-24(4)31(27,28)18-12-13-20-19(15-18)23-22(25(20)17-10-8-9-11-17)30-16(3)21(26)29-6-2/h12-13,15-17H,5-11,14H2,1-4H3. The second-order valence-electron chi connectivity index (χ2n) is 8.05. The Morgan fingerprint density at radius 2 is 2.03 bits per heavy atom. The van der Waals surface area contributed by atoms with E-state index in [1.54, 1.807) is 26.1 Å². The summed E-state index contributed by atoms with van der Waals surface area (Å²) >= 11 is 1.38. The molecule has 0 radical (unpaired) electrons. The highest BCUT2D eigenvalue weighted by Gasteiger charge is 2.27. The highest BCUT2D eigenvalue weighted by atomic mass is 32.2. The summed E-state index contributed by atoms with van der Waals surface area (Å²) in [6.07, 6.45) is 6.21. The topological polar surface area (TPSA) is 81.5 Å². The number of nitrogens with zero attached hydrogens (tertiary/aromatic N) is 3. The molecule has 0 bridgehead atoms. The van der Waals surface area contributed by atoms with Gasteiger partial charge in [-0.05, 0) is 51.3 Å². The molecule has 0 amide bonds. The number of fused-ring (bicyclic) bond motifs is 1. The molecule has 1 aromatic heterocycles. The van der Waals surface area contributed by atoms with Crippen LogP contribution >= 0.6 is 11.8 Å². The lowest BCUT2D eigenvalue weighted by Gasteiger charge is -2.18. The molecule has 9 heteroatoms. The molecule has 1 unspecified atom stereocenters. The summed E-state index contributed by atoms with van der Waals surface area (Å²) in [5.41, 5.74) is 1.57. The molecular weight excluding hydrogens is 434 g/mol. The maximum atomic E-state index is 13.0. The number of unbranched alkanes of at least 4 members (excludes halogenated alkanes) is 1. The minimum atomic E-state index is -3.57. The molecule has 1 heterocycles. The van der Waals surface area contributed by atoms with Gasteiger partial charge in [0.25, 0.3) is 0 Å². The van der Waals surface area contributed by atoms with Crippen LogP contribution in [0.15, 0.2) is 28.3 Å². The first kappa shape index (κ1) is 24.1. The summed E-state index contributed by atoms with van der Waals surface area (Å²) in [6, 6.07) is 5.52. The van der Waals surface area contributed by atoms with Crippen molar-refractivity contribution in [2.24, 2.45) is 0 Å². The first-order valence-electron chi connectivity index (χ1n) is 11.1. The van der Waals surface area contributed by atoms with Gasteiger partial charge >= 0.3 is 5.97 Å². The third-order valence-corrected chi connectivity index (χ3v) is 8.65. The number of ether oxygens (including phenoxy) is 1. The molecule has 1 atom stereocenters. The van der Waals surface area contributed by atoms with Crippen molar-refractivity contribution in [2.75, 3.05) is 20.2 Å². The zero-order valence-electron chi connectivity index (χ0n) is 18.8. The van der Waals surface area contributed by atoms with E-state index in [0.29, 0.717) is 24.7 Å². The van der Waals surface area contributed by atoms with E-state index in [1.165, 1.54) is 16.1 Å². The monoisotopic (exact) mass is 467 g/mol. The third-order valence-electron chi connectivity index (χ3n) is 5.75. The van der Waals surface area contributed by atoms with Gasteiger partial charge in [0.15, 0.2) is 5.16 Å². The number of imidazole rings is 1. The van der Waals surface area contributed by atoms with Crippen LogP contribution in [0, 0.1) is 0 Å². The summed E-state index contributed by atoms with van der Waals surface area (Å²) in [5.74, 6) is -0.265. The second kappa shape index (κ2) is 10.4. The van der Waals surface area contributed by atoms with Crippen LogP contribution < -0.4 is 0 Å². The van der Waals surface area contributed by atoms with Gasteiger partial charge in [0.05, 0.1) is 22.5 Å². The molecule has 7 nitrogen and oxygen atoms in total. The quantitative estimate of drug-likeness (QED) is 0.375. The molecule has 0 saturated heterocycles. The lowest BCUT2D eigenvalue weighted by Crippen LogP contribution is -2.27. The normalized spacial score (nSPS) is 16.3. The van der Waals surface area contributed by atoms with Crippen LogP contribution in [0.2, 0.25) is 0 Å². The van der Waals surface area contributed by atoms with Gasteiger partial charge in [0.2, 0.25) is 10.0 Å². The zero-order valence-corrected chi connectivity index (χ0v) is 20.5. The van der Waals surface area contributed by atoms with Crippen LogP contribution in [-0.2, 0) is 19.6 Å². The van der Waals surface area contributed by atoms with Crippen LogP contribution in [0.25, 0.3) is 11.0 Å². The number of carbonyl (C=O) groups is 1. The molecule has 0 spiro atoms. The lowest BCUT2D eigenvalue weighted by molar-refractivity contribution is -0.142. The van der Waals surface area contributed by atoms with Crippen molar-refractivity contribution in [1.82, 2.24) is 13.9 Å². The van der Waals surface area contributed by atoms with Crippen LogP contribution in [0.3, 0.4) is 0 Å². The van der Waals surface area contributed by atoms with E-state index in [-0.39, 0.29) is 16.1 Å². The average molecular weight is 468 g/mol. The molecule has 0 aliphatic heterocycles. The maximum absolute atomic E-state index is 13.0. The number of carbonyl (C=O) groups excluding carboxylic acids is 1. The largest absolute Gasteiger partial charge is 0.465 e. The van der Waals surface area contributed by atoms with E-state index in [0.717, 1.165) is 49.2 Å². The molecule has 1 fully saturated rings. The van der Waals surface area contributed by atoms with Crippen molar-refractivity contribution in [3.63, 3.8) is 0 Å². The van der Waals surface area contributed by atoms with Crippen molar-refractivity contribution >= 4 is 38.8 Å². The van der Waals surface area contributed by atoms with Gasteiger partial charge in [0, 0.05) is 19.6 Å². The van der Waals surface area contributed by atoms with Crippen molar-refractivity contribution in [2.45, 2.75) is 80.6 Å². The highest BCUT2D eigenvalue weighted by molar-refractivity contribution is 8.00. The number of sulfonamides is 1. The van der Waals surface area contributed by atoms with E-state index in [2.05, 4.69) is 4.57 Å². The molecule has 0 N–H and O–H groups in total. The Labute approximate surface area is 189 Å². The number of hydrogen-bond donors (Lipinski definition) is 0. The van der Waals surface area contributed by atoms with Gasteiger partial charge in [0.1, 0.15) is 5.25 Å². The minimum Gasteiger partial charge on any atom is -0.465 e. The predicted octanol–water partition coefficient (Wildman–Crippen LogP) is 4.62. The number of aromatic nitrogens is 2. The smallest absolute Gasteiger partial charge is 0.319 e. The van der Waals surface area contributed by atoms with E-state index < -0.39 is 10.0 Å². The SMILES string of the molecule is CCCCN(C)S(=O)(=O)c1ccc2c(c1)nc(SC(C)C(=O)OCC)n2C1CCCC1. The van der Waals surface area contributed by atoms with Gasteiger partial charge in [-0.15, -0.1) is 0 Å². The molecule has 31 heavy (non-hydrogen) atoms. The van der Waals surface area contributed by atoms with Crippen molar-refractivity contribution in [1.29, 1.82) is 0 Å². The average Bonchev–Trinajstić information content (AvgIpc) is 3.38. The summed E-state index contributed by atoms with van der Waals surface area (Å²) < 4.78 is 34.7. The Morgan fingerprint density at radius 3 is 2.68 bits per heavy atom. The Bertz CT molecular complexity index is 1010. The minimum absolute atomic E-state index is 0.254. The molecule has 1 aromatic carbocycles. The first-order valence-corrected chi connectivity index (χ1v) is 13.4. The van der Waals surface area contributed by atoms with Gasteiger partial charge in [-0.25, -0.2) is 17.7 Å². The van der Waals surface area contributed by atoms with E-state index in [9.17, 15) is 13.2 Å². The molecule has 1 aliphatic carbocycles. The summed E-state index contributed by atoms with van der Waals surface area (Å²) in [6.45, 7) is 6.49. The highest BCUT2D eigenvalue weighted by Crippen LogP contribution is 2.38. The molecule has 3 rings (SSSR count). The summed E-state index contributed by atoms with van der Waals surface area (Å²) in [7, 11) is -1.95. The lowest BCUT2D eigenvalue weighted by atomic mass is 10.2. The first-order chi connectivity index (χ1) is 14.8. The molecule has 172 valence electrons. The Hall–Kier alpha value is -1.58. The van der Waals surface area contributed by atoms with Crippen molar-refractivity contribution in [3.05, 3.63) is 18.2 Å². The maximum Gasteiger partial charge on any atom is 0.319 e. The number of benzene rings is 1. The van der Waals surface area contributed by atoms with E-state index in [1.807, 2.05) is 19.9 Å². The second-order valence-corrected chi connectivity index (χ2v) is 11.4. The number of rotatable bonds is 10. The number of esters is 1. The Balaban J connectivity index is 1.99. The fourth-order valence-electron chi connectivity index (χ4n) is 3.96. The van der Waals surface area contributed by atoms with E-state index >= 15 is 0 Å². The van der Waals surface area contributed by atoms with Gasteiger partial charge in [-0.1, -0.05) is 37.9 Å². The van der Waals surface area contributed by atoms with Gasteiger partial charge < -0.3 is 9.30 Å². The van der Waals surface area contributed by atoms with Crippen molar-refractivity contribution < 1.29 is 17.9 Å². The third kappa shape index (κ3) is 5.26. The fourth-order valence-corrected chi connectivity index (χ4v) is 6.18. The Kier molecular flexibility index (Phi) is 8.04.